The number of thioether (sulfide) groups is 2. The van der Waals surface area contributed by atoms with Crippen LogP contribution in [0.15, 0.2) is 29.3 Å². The van der Waals surface area contributed by atoms with Gasteiger partial charge in [-0.15, -0.1) is 0 Å². The minimum Gasteiger partial charge on any atom is -0.284 e. The van der Waals surface area contributed by atoms with E-state index in [1.165, 1.54) is 11.8 Å². The van der Waals surface area contributed by atoms with Crippen LogP contribution >= 0.6 is 23.5 Å². The lowest BCUT2D eigenvalue weighted by Crippen LogP contribution is -2.46. The number of rotatable bonds is 6. The van der Waals surface area contributed by atoms with Gasteiger partial charge in [0.2, 0.25) is 11.7 Å². The van der Waals surface area contributed by atoms with Gasteiger partial charge in [0.15, 0.2) is 0 Å². The number of nitro groups is 1. The Morgan fingerprint density at radius 2 is 2.04 bits per heavy atom. The van der Waals surface area contributed by atoms with Crippen molar-refractivity contribution < 1.29 is 9.72 Å². The van der Waals surface area contributed by atoms with E-state index in [0.717, 1.165) is 17.5 Å². The maximum Gasteiger partial charge on any atom is 0.224 e. The van der Waals surface area contributed by atoms with Crippen LogP contribution < -0.4 is 0 Å². The van der Waals surface area contributed by atoms with Crippen LogP contribution in [-0.2, 0) is 4.79 Å². The lowest BCUT2D eigenvalue weighted by Gasteiger charge is -2.34. The van der Waals surface area contributed by atoms with Gasteiger partial charge in [-0.1, -0.05) is 44.7 Å². The molecule has 0 saturated heterocycles. The molecule has 0 aliphatic carbocycles. The standard InChI is InChI=1S/C17H19N3O3S2/c1-4-24-16-19-17(11(2)3,15(21)25-16)14(10-20(22)23)13-7-5-12(9-18)6-8-13/h5-8,11,14H,4,10H2,1-3H3/t14-,17+/m1/s1. The first-order valence-corrected chi connectivity index (χ1v) is 9.72. The molecule has 132 valence electrons. The second-order valence-corrected chi connectivity index (χ2v) is 8.45. The monoisotopic (exact) mass is 377 g/mol. The van der Waals surface area contributed by atoms with Gasteiger partial charge in [0, 0.05) is 4.92 Å². The third-order valence-electron chi connectivity index (χ3n) is 4.24. The van der Waals surface area contributed by atoms with Gasteiger partial charge in [0.25, 0.3) is 0 Å². The van der Waals surface area contributed by atoms with E-state index in [0.29, 0.717) is 15.5 Å². The number of nitrogens with zero attached hydrogens (tertiary/aromatic N) is 3. The highest BCUT2D eigenvalue weighted by molar-refractivity contribution is 8.45. The van der Waals surface area contributed by atoms with Gasteiger partial charge in [-0.25, -0.2) is 0 Å². The number of aliphatic imine (C=N–C) groups is 1. The third-order valence-corrected chi connectivity index (χ3v) is 6.25. The fourth-order valence-corrected chi connectivity index (χ4v) is 5.21. The quantitative estimate of drug-likeness (QED) is 0.554. The lowest BCUT2D eigenvalue weighted by molar-refractivity contribution is -0.484. The van der Waals surface area contributed by atoms with E-state index < -0.39 is 16.4 Å². The van der Waals surface area contributed by atoms with Crippen LogP contribution in [0.2, 0.25) is 0 Å². The van der Waals surface area contributed by atoms with Crippen LogP contribution in [0, 0.1) is 27.4 Å². The summed E-state index contributed by atoms with van der Waals surface area (Å²) >= 11 is 2.56. The number of nitriles is 1. The highest BCUT2D eigenvalue weighted by atomic mass is 32.2. The molecule has 1 aromatic carbocycles. The Hall–Kier alpha value is -1.85. The van der Waals surface area contributed by atoms with Gasteiger partial charge >= 0.3 is 0 Å². The van der Waals surface area contributed by atoms with Gasteiger partial charge in [-0.3, -0.25) is 19.9 Å². The van der Waals surface area contributed by atoms with Crippen molar-refractivity contribution in [2.24, 2.45) is 10.9 Å². The molecule has 1 aliphatic rings. The van der Waals surface area contributed by atoms with Crippen molar-refractivity contribution in [3.63, 3.8) is 0 Å². The Morgan fingerprint density at radius 3 is 2.52 bits per heavy atom. The molecule has 1 heterocycles. The van der Waals surface area contributed by atoms with Crippen molar-refractivity contribution >= 4 is 33.0 Å². The molecule has 0 radical (unpaired) electrons. The number of hydrogen-bond acceptors (Lipinski definition) is 7. The zero-order valence-electron chi connectivity index (χ0n) is 14.3. The van der Waals surface area contributed by atoms with Crippen molar-refractivity contribution in [2.75, 3.05) is 12.3 Å². The number of benzene rings is 1. The van der Waals surface area contributed by atoms with Gasteiger partial charge in [0.05, 0.1) is 17.6 Å². The molecule has 0 N–H and O–H groups in total. The molecule has 6 nitrogen and oxygen atoms in total. The third kappa shape index (κ3) is 3.88. The Morgan fingerprint density at radius 1 is 1.40 bits per heavy atom. The van der Waals surface area contributed by atoms with Gasteiger partial charge in [-0.2, -0.15) is 5.26 Å². The van der Waals surface area contributed by atoms with Crippen LogP contribution in [0.4, 0.5) is 0 Å². The van der Waals surface area contributed by atoms with Crippen LogP contribution in [0.5, 0.6) is 0 Å². The van der Waals surface area contributed by atoms with Gasteiger partial charge < -0.3 is 0 Å². The summed E-state index contributed by atoms with van der Waals surface area (Å²) < 4.78 is 0.670. The van der Waals surface area contributed by atoms with Crippen molar-refractivity contribution in [1.29, 1.82) is 5.26 Å². The summed E-state index contributed by atoms with van der Waals surface area (Å²) in [5.74, 6) is -0.0856. The van der Waals surface area contributed by atoms with Crippen molar-refractivity contribution in [2.45, 2.75) is 32.2 Å². The predicted molar refractivity (Wildman–Crippen MR) is 101 cm³/mol. The molecule has 0 unspecified atom stereocenters. The molecular formula is C17H19N3O3S2. The van der Waals surface area contributed by atoms with Gasteiger partial charge in [0.1, 0.15) is 9.91 Å². The van der Waals surface area contributed by atoms with Crippen LogP contribution in [0.3, 0.4) is 0 Å². The molecule has 25 heavy (non-hydrogen) atoms. The zero-order valence-corrected chi connectivity index (χ0v) is 15.9. The summed E-state index contributed by atoms with van der Waals surface area (Å²) in [7, 11) is 0. The van der Waals surface area contributed by atoms with Crippen molar-refractivity contribution in [1.82, 2.24) is 0 Å². The number of carbonyl (C=O) groups is 1. The smallest absolute Gasteiger partial charge is 0.224 e. The van der Waals surface area contributed by atoms with Crippen molar-refractivity contribution in [3.8, 4) is 6.07 Å². The van der Waals surface area contributed by atoms with Gasteiger partial charge in [-0.05, 0) is 41.1 Å². The first-order valence-electron chi connectivity index (χ1n) is 7.91. The molecule has 0 aromatic heterocycles. The fourth-order valence-electron chi connectivity index (χ4n) is 2.99. The van der Waals surface area contributed by atoms with E-state index in [2.05, 4.69) is 4.99 Å². The lowest BCUT2D eigenvalue weighted by atomic mass is 9.73. The van der Waals surface area contributed by atoms with E-state index in [1.807, 2.05) is 26.8 Å². The average molecular weight is 377 g/mol. The molecule has 2 rings (SSSR count). The van der Waals surface area contributed by atoms with E-state index in [9.17, 15) is 14.9 Å². The predicted octanol–water partition coefficient (Wildman–Crippen LogP) is 3.70. The van der Waals surface area contributed by atoms with E-state index in [4.69, 9.17) is 5.26 Å². The SMILES string of the molecule is CCSC1=N[C@@](C(C)C)([C@H](C[N+](=O)[O-])c2ccc(C#N)cc2)C(=O)S1. The molecule has 0 spiro atoms. The molecule has 8 heteroatoms. The van der Waals surface area contributed by atoms with E-state index >= 15 is 0 Å². The molecule has 1 aliphatic heterocycles. The summed E-state index contributed by atoms with van der Waals surface area (Å²) in [6.45, 7) is 5.34. The van der Waals surface area contributed by atoms with E-state index in [-0.39, 0.29) is 17.6 Å². The minimum atomic E-state index is -1.16. The second kappa shape index (κ2) is 8.02. The Bertz CT molecular complexity index is 741. The number of carbonyl (C=O) groups excluding carboxylic acids is 1. The molecular weight excluding hydrogens is 358 g/mol. The first-order chi connectivity index (χ1) is 11.8. The molecule has 0 fully saturated rings. The Balaban J connectivity index is 2.57. The van der Waals surface area contributed by atoms with Crippen LogP contribution in [0.25, 0.3) is 0 Å². The summed E-state index contributed by atoms with van der Waals surface area (Å²) in [4.78, 5) is 28.5. The summed E-state index contributed by atoms with van der Waals surface area (Å²) in [5, 5.41) is 20.1. The molecule has 2 atom stereocenters. The van der Waals surface area contributed by atoms with E-state index in [1.54, 1.807) is 24.3 Å². The topological polar surface area (TPSA) is 96.4 Å². The highest BCUT2D eigenvalue weighted by Gasteiger charge is 2.54. The van der Waals surface area contributed by atoms with Crippen LogP contribution in [-0.4, -0.2) is 32.3 Å². The normalized spacial score (nSPS) is 21.1. The molecule has 0 bridgehead atoms. The maximum absolute atomic E-state index is 12.9. The largest absolute Gasteiger partial charge is 0.284 e. The molecule has 0 amide bonds. The maximum atomic E-state index is 12.9. The number of hydrogen-bond donors (Lipinski definition) is 0. The second-order valence-electron chi connectivity index (χ2n) is 5.98. The first kappa shape index (κ1) is 19.5. The fraction of sp³-hybridized carbons (Fsp3) is 0.471. The average Bonchev–Trinajstić information content (AvgIpc) is 2.90. The Labute approximate surface area is 155 Å². The summed E-state index contributed by atoms with van der Waals surface area (Å²) in [6.07, 6.45) is 0. The van der Waals surface area contributed by atoms with Crippen molar-refractivity contribution in [3.05, 3.63) is 45.5 Å². The molecule has 1 aromatic rings. The Kier molecular flexibility index (Phi) is 6.25. The highest BCUT2D eigenvalue weighted by Crippen LogP contribution is 2.47. The van der Waals surface area contributed by atoms with Crippen LogP contribution in [0.1, 0.15) is 37.8 Å². The summed E-state index contributed by atoms with van der Waals surface area (Å²) in [5.41, 5.74) is -0.0338. The summed E-state index contributed by atoms with van der Waals surface area (Å²) in [6, 6.07) is 8.65. The molecule has 0 saturated carbocycles. The minimum absolute atomic E-state index is 0.144. The zero-order chi connectivity index (χ0) is 18.6.